The van der Waals surface area contributed by atoms with Crippen LogP contribution in [0.15, 0.2) is 18.2 Å². The van der Waals surface area contributed by atoms with E-state index in [0.29, 0.717) is 24.9 Å². The van der Waals surface area contributed by atoms with E-state index < -0.39 is 0 Å². The van der Waals surface area contributed by atoms with Gasteiger partial charge in [-0.2, -0.15) is 0 Å². The van der Waals surface area contributed by atoms with Crippen LogP contribution in [0.4, 0.5) is 0 Å². The number of hydrogen-bond donors (Lipinski definition) is 2. The summed E-state index contributed by atoms with van der Waals surface area (Å²) in [6.07, 6.45) is 3.16. The lowest BCUT2D eigenvalue weighted by molar-refractivity contribution is -0.122. The summed E-state index contributed by atoms with van der Waals surface area (Å²) in [7, 11) is 3.26. The Balaban J connectivity index is 1.85. The number of benzene rings is 1. The van der Waals surface area contributed by atoms with Crippen LogP contribution >= 0.6 is 0 Å². The van der Waals surface area contributed by atoms with Gasteiger partial charge in [0, 0.05) is 24.6 Å². The summed E-state index contributed by atoms with van der Waals surface area (Å²) < 4.78 is 10.5. The molecule has 0 spiro atoms. The molecule has 1 saturated heterocycles. The Bertz CT molecular complexity index is 482. The zero-order valence-corrected chi connectivity index (χ0v) is 13.6. The second kappa shape index (κ2) is 8.03. The molecule has 2 atom stereocenters. The van der Waals surface area contributed by atoms with Crippen LogP contribution in [0, 0.1) is 0 Å². The molecule has 1 aromatic carbocycles. The van der Waals surface area contributed by atoms with E-state index in [9.17, 15) is 4.79 Å². The van der Waals surface area contributed by atoms with E-state index in [1.54, 1.807) is 14.2 Å². The number of aryl methyl sites for hydroxylation is 1. The number of amides is 1. The maximum Gasteiger partial charge on any atom is 0.220 e. The van der Waals surface area contributed by atoms with E-state index in [1.807, 2.05) is 18.2 Å². The SMILES string of the molecule is COc1cc(CCC(=O)NC2CCNC(C)C2)cc(OC)c1. The molecule has 2 rings (SSSR count). The third-order valence-corrected chi connectivity index (χ3v) is 4.04. The lowest BCUT2D eigenvalue weighted by atomic mass is 10.0. The van der Waals surface area contributed by atoms with Crippen LogP contribution in [0.25, 0.3) is 0 Å². The van der Waals surface area contributed by atoms with Crippen LogP contribution < -0.4 is 20.1 Å². The van der Waals surface area contributed by atoms with E-state index in [1.165, 1.54) is 0 Å². The molecule has 122 valence electrons. The van der Waals surface area contributed by atoms with Crippen molar-refractivity contribution in [2.24, 2.45) is 0 Å². The molecule has 2 N–H and O–H groups in total. The molecule has 0 aromatic heterocycles. The summed E-state index contributed by atoms with van der Waals surface area (Å²) in [5.41, 5.74) is 1.05. The van der Waals surface area contributed by atoms with E-state index in [4.69, 9.17) is 9.47 Å². The Hall–Kier alpha value is -1.75. The minimum Gasteiger partial charge on any atom is -0.497 e. The number of nitrogens with one attached hydrogen (secondary N) is 2. The third kappa shape index (κ3) is 4.91. The highest BCUT2D eigenvalue weighted by Crippen LogP contribution is 2.23. The summed E-state index contributed by atoms with van der Waals surface area (Å²) >= 11 is 0. The van der Waals surface area contributed by atoms with E-state index in [0.717, 1.165) is 36.4 Å². The smallest absolute Gasteiger partial charge is 0.220 e. The van der Waals surface area contributed by atoms with Gasteiger partial charge in [-0.05, 0) is 50.4 Å². The Morgan fingerprint density at radius 2 is 1.95 bits per heavy atom. The van der Waals surface area contributed by atoms with E-state index in [-0.39, 0.29) is 5.91 Å². The van der Waals surface area contributed by atoms with Gasteiger partial charge in [0.05, 0.1) is 14.2 Å². The summed E-state index contributed by atoms with van der Waals surface area (Å²) in [5, 5.41) is 6.52. The summed E-state index contributed by atoms with van der Waals surface area (Å²) in [4.78, 5) is 12.1. The Morgan fingerprint density at radius 3 is 2.55 bits per heavy atom. The molecule has 1 fully saturated rings. The first-order valence-electron chi connectivity index (χ1n) is 7.85. The van der Waals surface area contributed by atoms with Crippen LogP contribution in [0.1, 0.15) is 31.7 Å². The maximum atomic E-state index is 12.1. The van der Waals surface area contributed by atoms with Crippen molar-refractivity contribution >= 4 is 5.91 Å². The van der Waals surface area contributed by atoms with Gasteiger partial charge in [0.2, 0.25) is 5.91 Å². The highest BCUT2D eigenvalue weighted by molar-refractivity contribution is 5.76. The molecule has 1 aromatic rings. The predicted molar refractivity (Wildman–Crippen MR) is 86.5 cm³/mol. The van der Waals surface area contributed by atoms with Gasteiger partial charge in [0.15, 0.2) is 0 Å². The molecule has 0 radical (unpaired) electrons. The molecule has 1 heterocycles. The van der Waals surface area contributed by atoms with Gasteiger partial charge in [-0.3, -0.25) is 4.79 Å². The van der Waals surface area contributed by atoms with Gasteiger partial charge >= 0.3 is 0 Å². The maximum absolute atomic E-state index is 12.1. The molecular formula is C17H26N2O3. The minimum absolute atomic E-state index is 0.112. The fraction of sp³-hybridized carbons (Fsp3) is 0.588. The number of rotatable bonds is 6. The van der Waals surface area contributed by atoms with Crippen LogP contribution in [0.2, 0.25) is 0 Å². The largest absolute Gasteiger partial charge is 0.497 e. The molecule has 5 nitrogen and oxygen atoms in total. The normalized spacial score (nSPS) is 21.2. The van der Waals surface area contributed by atoms with Crippen LogP contribution in [0.5, 0.6) is 11.5 Å². The summed E-state index contributed by atoms with van der Waals surface area (Å²) in [6.45, 7) is 3.13. The van der Waals surface area contributed by atoms with Gasteiger partial charge in [0.1, 0.15) is 11.5 Å². The van der Waals surface area contributed by atoms with Gasteiger partial charge in [-0.15, -0.1) is 0 Å². The van der Waals surface area contributed by atoms with Gasteiger partial charge in [-0.1, -0.05) is 0 Å². The number of ether oxygens (including phenoxy) is 2. The molecule has 22 heavy (non-hydrogen) atoms. The average molecular weight is 306 g/mol. The van der Waals surface area contributed by atoms with Crippen molar-refractivity contribution in [3.63, 3.8) is 0 Å². The van der Waals surface area contributed by atoms with Crippen molar-refractivity contribution < 1.29 is 14.3 Å². The molecule has 0 aliphatic carbocycles. The predicted octanol–water partition coefficient (Wildman–Crippen LogP) is 1.89. The lowest BCUT2D eigenvalue weighted by Crippen LogP contribution is -2.46. The molecule has 1 aliphatic heterocycles. The summed E-state index contributed by atoms with van der Waals surface area (Å²) in [5.74, 6) is 1.62. The number of carbonyl (C=O) groups excluding carboxylic acids is 1. The van der Waals surface area contributed by atoms with Crippen LogP contribution in [-0.2, 0) is 11.2 Å². The zero-order valence-electron chi connectivity index (χ0n) is 13.6. The molecule has 0 saturated carbocycles. The minimum atomic E-state index is 0.112. The highest BCUT2D eigenvalue weighted by Gasteiger charge is 2.19. The van der Waals surface area contributed by atoms with Crippen molar-refractivity contribution in [1.82, 2.24) is 10.6 Å². The van der Waals surface area contributed by atoms with Crippen molar-refractivity contribution in [3.05, 3.63) is 23.8 Å². The quantitative estimate of drug-likeness (QED) is 0.843. The Labute approximate surface area is 132 Å². The monoisotopic (exact) mass is 306 g/mol. The van der Waals surface area contributed by atoms with Crippen LogP contribution in [-0.4, -0.2) is 38.8 Å². The first-order valence-corrected chi connectivity index (χ1v) is 7.85. The number of methoxy groups -OCH3 is 2. The van der Waals surface area contributed by atoms with Crippen molar-refractivity contribution in [2.45, 2.75) is 44.7 Å². The first kappa shape index (κ1) is 16.6. The second-order valence-electron chi connectivity index (χ2n) is 5.86. The Morgan fingerprint density at radius 1 is 1.27 bits per heavy atom. The number of piperidine rings is 1. The van der Waals surface area contributed by atoms with Crippen molar-refractivity contribution in [2.75, 3.05) is 20.8 Å². The molecular weight excluding hydrogens is 280 g/mol. The van der Waals surface area contributed by atoms with Crippen LogP contribution in [0.3, 0.4) is 0 Å². The standard InChI is InChI=1S/C17H26N2O3/c1-12-8-14(6-7-18-12)19-17(20)5-4-13-9-15(21-2)11-16(10-13)22-3/h9-12,14,18H,4-8H2,1-3H3,(H,19,20). The van der Waals surface area contributed by atoms with Gasteiger partial charge in [-0.25, -0.2) is 0 Å². The zero-order chi connectivity index (χ0) is 15.9. The molecule has 5 heteroatoms. The summed E-state index contributed by atoms with van der Waals surface area (Å²) in [6, 6.07) is 6.50. The molecule has 1 amide bonds. The number of hydrogen-bond acceptors (Lipinski definition) is 4. The average Bonchev–Trinajstić information content (AvgIpc) is 2.52. The van der Waals surface area contributed by atoms with Crippen molar-refractivity contribution in [1.29, 1.82) is 0 Å². The first-order chi connectivity index (χ1) is 10.6. The van der Waals surface area contributed by atoms with Crippen molar-refractivity contribution in [3.8, 4) is 11.5 Å². The topological polar surface area (TPSA) is 59.6 Å². The lowest BCUT2D eigenvalue weighted by Gasteiger charge is -2.28. The van der Waals surface area contributed by atoms with E-state index >= 15 is 0 Å². The van der Waals surface area contributed by atoms with E-state index in [2.05, 4.69) is 17.6 Å². The van der Waals surface area contributed by atoms with Gasteiger partial charge < -0.3 is 20.1 Å². The Kier molecular flexibility index (Phi) is 6.07. The molecule has 0 bridgehead atoms. The second-order valence-corrected chi connectivity index (χ2v) is 5.86. The number of carbonyl (C=O) groups is 1. The third-order valence-electron chi connectivity index (χ3n) is 4.04. The van der Waals surface area contributed by atoms with Gasteiger partial charge in [0.25, 0.3) is 0 Å². The molecule has 2 unspecified atom stereocenters. The highest BCUT2D eigenvalue weighted by atomic mass is 16.5. The fourth-order valence-corrected chi connectivity index (χ4v) is 2.83. The fourth-order valence-electron chi connectivity index (χ4n) is 2.83. The molecule has 1 aliphatic rings.